The lowest BCUT2D eigenvalue weighted by molar-refractivity contribution is 0.818. The van der Waals surface area contributed by atoms with E-state index in [1.54, 1.807) is 0 Å². The summed E-state index contributed by atoms with van der Waals surface area (Å²) in [7, 11) is 0. The monoisotopic (exact) mass is 190 g/mol. The van der Waals surface area contributed by atoms with Crippen molar-refractivity contribution in [2.24, 2.45) is 0 Å². The second kappa shape index (κ2) is 6.15. The highest BCUT2D eigenvalue weighted by Gasteiger charge is 2.03. The van der Waals surface area contributed by atoms with Crippen molar-refractivity contribution in [1.82, 2.24) is 4.98 Å². The van der Waals surface area contributed by atoms with Crippen LogP contribution in [0.5, 0.6) is 0 Å². The van der Waals surface area contributed by atoms with E-state index in [0.717, 1.165) is 11.3 Å². The zero-order valence-electron chi connectivity index (χ0n) is 9.63. The molecule has 0 aliphatic heterocycles. The third kappa shape index (κ3) is 3.18. The van der Waals surface area contributed by atoms with Gasteiger partial charge in [-0.15, -0.1) is 0 Å². The van der Waals surface area contributed by atoms with E-state index in [-0.39, 0.29) is 0 Å². The molecule has 14 heavy (non-hydrogen) atoms. The van der Waals surface area contributed by atoms with Gasteiger partial charge in [-0.1, -0.05) is 33.8 Å². The first-order valence-electron chi connectivity index (χ1n) is 5.02. The van der Waals surface area contributed by atoms with E-state index in [1.807, 2.05) is 32.9 Å². The van der Waals surface area contributed by atoms with Crippen molar-refractivity contribution in [3.63, 3.8) is 0 Å². The van der Waals surface area contributed by atoms with Crippen molar-refractivity contribution >= 4 is 0 Å². The van der Waals surface area contributed by atoms with Crippen LogP contribution in [0.3, 0.4) is 0 Å². The van der Waals surface area contributed by atoms with E-state index in [2.05, 4.69) is 24.9 Å². The van der Waals surface area contributed by atoms with Gasteiger partial charge in [-0.3, -0.25) is 0 Å². The summed E-state index contributed by atoms with van der Waals surface area (Å²) in [6.45, 7) is 10.0. The van der Waals surface area contributed by atoms with Crippen LogP contribution in [0.4, 0.5) is 0 Å². The van der Waals surface area contributed by atoms with Gasteiger partial charge in [-0.2, -0.15) is 5.26 Å². The smallest absolute Gasteiger partial charge is 0.143 e. The zero-order chi connectivity index (χ0) is 11.1. The van der Waals surface area contributed by atoms with Crippen molar-refractivity contribution in [1.29, 1.82) is 5.26 Å². The largest absolute Gasteiger partial charge is 0.242 e. The van der Waals surface area contributed by atoms with Crippen molar-refractivity contribution in [3.05, 3.63) is 29.1 Å². The third-order valence-electron chi connectivity index (χ3n) is 1.82. The Morgan fingerprint density at radius 1 is 1.29 bits per heavy atom. The van der Waals surface area contributed by atoms with Crippen LogP contribution in [-0.4, -0.2) is 4.98 Å². The number of nitrogens with zero attached hydrogens (tertiary/aromatic N) is 2. The molecule has 0 radical (unpaired) electrons. The van der Waals surface area contributed by atoms with Gasteiger partial charge in [0, 0.05) is 5.69 Å². The first-order valence-corrected chi connectivity index (χ1v) is 5.02. The lowest BCUT2D eigenvalue weighted by atomic mass is 10.1. The fourth-order valence-corrected chi connectivity index (χ4v) is 0.979. The molecule has 1 aromatic heterocycles. The van der Waals surface area contributed by atoms with Crippen molar-refractivity contribution in [2.45, 2.75) is 40.5 Å². The average molecular weight is 190 g/mol. The van der Waals surface area contributed by atoms with E-state index in [9.17, 15) is 0 Å². The molecule has 2 heteroatoms. The van der Waals surface area contributed by atoms with Crippen LogP contribution in [0.2, 0.25) is 0 Å². The van der Waals surface area contributed by atoms with Gasteiger partial charge >= 0.3 is 0 Å². The molecule has 0 fully saturated rings. The fraction of sp³-hybridized carbons (Fsp3) is 0.500. The van der Waals surface area contributed by atoms with Gasteiger partial charge in [0.1, 0.15) is 11.8 Å². The molecule has 76 valence electrons. The number of rotatable bonds is 1. The Labute approximate surface area is 86.6 Å². The number of nitriles is 1. The molecule has 0 amide bonds. The van der Waals surface area contributed by atoms with Crippen LogP contribution >= 0.6 is 0 Å². The van der Waals surface area contributed by atoms with E-state index in [1.165, 1.54) is 0 Å². The molecule has 0 unspecified atom stereocenters. The minimum absolute atomic E-state index is 0.387. The van der Waals surface area contributed by atoms with Crippen LogP contribution in [0.25, 0.3) is 0 Å². The SMILES string of the molecule is CC.Cc1ccc(C(C)C)nc1C#N. The molecule has 0 spiro atoms. The van der Waals surface area contributed by atoms with E-state index in [0.29, 0.717) is 11.6 Å². The van der Waals surface area contributed by atoms with Gasteiger partial charge < -0.3 is 0 Å². The molecule has 0 aromatic carbocycles. The number of hydrogen-bond donors (Lipinski definition) is 0. The van der Waals surface area contributed by atoms with Gasteiger partial charge in [-0.05, 0) is 24.5 Å². The number of hydrogen-bond acceptors (Lipinski definition) is 2. The first kappa shape index (κ1) is 12.6. The molecule has 0 saturated heterocycles. The summed E-state index contributed by atoms with van der Waals surface area (Å²) >= 11 is 0. The first-order chi connectivity index (χ1) is 6.65. The molecular formula is C12H18N2. The molecule has 1 rings (SSSR count). The van der Waals surface area contributed by atoms with Crippen LogP contribution in [0.15, 0.2) is 12.1 Å². The van der Waals surface area contributed by atoms with Crippen molar-refractivity contribution in [3.8, 4) is 6.07 Å². The molecule has 0 aliphatic rings. The van der Waals surface area contributed by atoms with E-state index >= 15 is 0 Å². The van der Waals surface area contributed by atoms with Gasteiger partial charge in [-0.25, -0.2) is 4.98 Å². The summed E-state index contributed by atoms with van der Waals surface area (Å²) < 4.78 is 0. The molecular weight excluding hydrogens is 172 g/mol. The number of aromatic nitrogens is 1. The van der Waals surface area contributed by atoms with Gasteiger partial charge in [0.05, 0.1) is 0 Å². The van der Waals surface area contributed by atoms with Crippen molar-refractivity contribution in [2.75, 3.05) is 0 Å². The van der Waals surface area contributed by atoms with Gasteiger partial charge in [0.2, 0.25) is 0 Å². The molecule has 1 aromatic rings. The Kier molecular flexibility index (Phi) is 5.55. The minimum atomic E-state index is 0.387. The maximum Gasteiger partial charge on any atom is 0.143 e. The van der Waals surface area contributed by atoms with Crippen LogP contribution in [-0.2, 0) is 0 Å². The van der Waals surface area contributed by atoms with Crippen LogP contribution in [0, 0.1) is 18.3 Å². The molecule has 2 nitrogen and oxygen atoms in total. The Hall–Kier alpha value is -1.36. The van der Waals surface area contributed by atoms with E-state index < -0.39 is 0 Å². The average Bonchev–Trinajstić information content (AvgIpc) is 2.21. The lowest BCUT2D eigenvalue weighted by Gasteiger charge is -2.04. The topological polar surface area (TPSA) is 36.7 Å². The normalized spacial score (nSPS) is 8.93. The Balaban J connectivity index is 0.000000791. The third-order valence-corrected chi connectivity index (χ3v) is 1.82. The van der Waals surface area contributed by atoms with Crippen LogP contribution in [0.1, 0.15) is 50.6 Å². The van der Waals surface area contributed by atoms with E-state index in [4.69, 9.17) is 5.26 Å². The van der Waals surface area contributed by atoms with Crippen molar-refractivity contribution < 1.29 is 0 Å². The highest BCUT2D eigenvalue weighted by Crippen LogP contribution is 2.13. The fourth-order valence-electron chi connectivity index (χ4n) is 0.979. The van der Waals surface area contributed by atoms with Crippen LogP contribution < -0.4 is 0 Å². The Morgan fingerprint density at radius 2 is 1.86 bits per heavy atom. The number of pyridine rings is 1. The van der Waals surface area contributed by atoms with Gasteiger partial charge in [0.15, 0.2) is 0 Å². The summed E-state index contributed by atoms with van der Waals surface area (Å²) in [6, 6.07) is 6.00. The molecule has 0 saturated carbocycles. The lowest BCUT2D eigenvalue weighted by Crippen LogP contribution is -1.96. The predicted octanol–water partition coefficient (Wildman–Crippen LogP) is 3.41. The predicted molar refractivity (Wildman–Crippen MR) is 59.1 cm³/mol. The Morgan fingerprint density at radius 3 is 2.29 bits per heavy atom. The summed E-state index contributed by atoms with van der Waals surface area (Å²) in [5.74, 6) is 0.387. The molecule has 1 heterocycles. The minimum Gasteiger partial charge on any atom is -0.242 e. The second-order valence-electron chi connectivity index (χ2n) is 3.17. The maximum absolute atomic E-state index is 8.71. The molecule has 0 aliphatic carbocycles. The number of aryl methyl sites for hydroxylation is 1. The summed E-state index contributed by atoms with van der Waals surface area (Å²) in [5, 5.41) is 8.71. The molecule has 0 N–H and O–H groups in total. The highest BCUT2D eigenvalue weighted by atomic mass is 14.7. The Bertz CT molecular complexity index is 322. The van der Waals surface area contributed by atoms with Gasteiger partial charge in [0.25, 0.3) is 0 Å². The maximum atomic E-state index is 8.71. The summed E-state index contributed by atoms with van der Waals surface area (Å²) in [5.41, 5.74) is 2.47. The second-order valence-corrected chi connectivity index (χ2v) is 3.17. The molecule has 0 bridgehead atoms. The zero-order valence-corrected chi connectivity index (χ0v) is 9.63. The summed E-state index contributed by atoms with van der Waals surface area (Å²) in [6.07, 6.45) is 0. The quantitative estimate of drug-likeness (QED) is 0.680. The summed E-state index contributed by atoms with van der Waals surface area (Å²) in [4.78, 5) is 4.23. The highest BCUT2D eigenvalue weighted by molar-refractivity contribution is 5.31. The molecule has 0 atom stereocenters. The standard InChI is InChI=1S/C10H12N2.C2H6/c1-7(2)9-5-4-8(3)10(6-11)12-9;1-2/h4-5,7H,1-3H3;1-2H3.